The first-order valence-corrected chi connectivity index (χ1v) is 8.97. The number of nitrogens with one attached hydrogen (secondary N) is 1. The first-order chi connectivity index (χ1) is 9.57. The quantitative estimate of drug-likeness (QED) is 0.806. The van der Waals surface area contributed by atoms with Crippen LogP contribution < -0.4 is 10.6 Å². The highest BCUT2D eigenvalue weighted by atomic mass is 32.2. The van der Waals surface area contributed by atoms with Gasteiger partial charge in [-0.15, -0.1) is 5.10 Å². The molecule has 0 radical (unpaired) electrons. The Morgan fingerprint density at radius 1 is 1.40 bits per heavy atom. The van der Waals surface area contributed by atoms with Gasteiger partial charge in [0.2, 0.25) is 5.95 Å². The molecule has 2 aliphatic rings. The lowest BCUT2D eigenvalue weighted by Gasteiger charge is -2.31. The predicted molar refractivity (Wildman–Crippen MR) is 76.4 cm³/mol. The summed E-state index contributed by atoms with van der Waals surface area (Å²) in [5, 5.41) is 7.17. The van der Waals surface area contributed by atoms with Crippen molar-refractivity contribution in [2.24, 2.45) is 11.7 Å². The van der Waals surface area contributed by atoms with Gasteiger partial charge in [0.25, 0.3) is 0 Å². The number of aromatic nitrogens is 3. The van der Waals surface area contributed by atoms with E-state index in [1.807, 2.05) is 0 Å². The van der Waals surface area contributed by atoms with Crippen molar-refractivity contribution in [3.05, 3.63) is 5.82 Å². The summed E-state index contributed by atoms with van der Waals surface area (Å²) in [5.74, 6) is 2.30. The summed E-state index contributed by atoms with van der Waals surface area (Å²) in [6.45, 7) is 2.52. The maximum Gasteiger partial charge on any atom is 0.244 e. The van der Waals surface area contributed by atoms with Crippen LogP contribution in [-0.4, -0.2) is 54.7 Å². The second-order valence-corrected chi connectivity index (χ2v) is 8.04. The van der Waals surface area contributed by atoms with Crippen LogP contribution >= 0.6 is 0 Å². The monoisotopic (exact) mass is 299 g/mol. The predicted octanol–water partition coefficient (Wildman–Crippen LogP) is -0.118. The molecule has 2 aliphatic heterocycles. The van der Waals surface area contributed by atoms with Crippen LogP contribution in [0.1, 0.15) is 31.0 Å². The topological polar surface area (TPSA) is 105 Å². The molecule has 1 aromatic rings. The van der Waals surface area contributed by atoms with Gasteiger partial charge in [0.05, 0.1) is 11.5 Å². The Kier molecular flexibility index (Phi) is 3.68. The molecule has 3 heterocycles. The summed E-state index contributed by atoms with van der Waals surface area (Å²) in [6.07, 6.45) is 2.90. The number of rotatable bonds is 3. The molecule has 0 aliphatic carbocycles. The van der Waals surface area contributed by atoms with Gasteiger partial charge >= 0.3 is 0 Å². The number of hydrogen-bond donors (Lipinski definition) is 2. The van der Waals surface area contributed by atoms with Crippen molar-refractivity contribution in [1.82, 2.24) is 15.2 Å². The lowest BCUT2D eigenvalue weighted by atomic mass is 9.99. The molecule has 0 amide bonds. The van der Waals surface area contributed by atoms with Gasteiger partial charge in [-0.25, -0.2) is 8.42 Å². The van der Waals surface area contributed by atoms with Gasteiger partial charge in [0, 0.05) is 19.0 Å². The summed E-state index contributed by atoms with van der Waals surface area (Å²) in [4.78, 5) is 6.65. The zero-order valence-electron chi connectivity index (χ0n) is 11.5. The number of piperidine rings is 1. The molecule has 1 aromatic heterocycles. The highest BCUT2D eigenvalue weighted by Crippen LogP contribution is 2.28. The van der Waals surface area contributed by atoms with Crippen molar-refractivity contribution in [3.63, 3.8) is 0 Å². The van der Waals surface area contributed by atoms with Crippen LogP contribution in [0.5, 0.6) is 0 Å². The Balaban J connectivity index is 1.71. The second-order valence-electron chi connectivity index (χ2n) is 5.81. The van der Waals surface area contributed by atoms with E-state index in [0.717, 1.165) is 25.9 Å². The normalized spacial score (nSPS) is 29.8. The standard InChI is InChI=1S/C12H21N5O2S/c13-6-9-2-1-4-17(7-9)12-14-11(15-16-12)10-3-5-20(18,19)8-10/h9-10H,1-8,13H2,(H,14,15,16). The van der Waals surface area contributed by atoms with Crippen molar-refractivity contribution in [2.45, 2.75) is 25.2 Å². The number of hydrogen-bond acceptors (Lipinski definition) is 6. The van der Waals surface area contributed by atoms with Crippen LogP contribution in [0.2, 0.25) is 0 Å². The molecule has 2 atom stereocenters. The van der Waals surface area contributed by atoms with Gasteiger partial charge < -0.3 is 10.6 Å². The number of sulfone groups is 1. The van der Waals surface area contributed by atoms with E-state index >= 15 is 0 Å². The van der Waals surface area contributed by atoms with E-state index < -0.39 is 9.84 Å². The van der Waals surface area contributed by atoms with Crippen molar-refractivity contribution < 1.29 is 8.42 Å². The first kappa shape index (κ1) is 13.8. The van der Waals surface area contributed by atoms with Crippen LogP contribution in [-0.2, 0) is 9.84 Å². The van der Waals surface area contributed by atoms with Crippen LogP contribution in [0.4, 0.5) is 5.95 Å². The van der Waals surface area contributed by atoms with Crippen LogP contribution in [0.3, 0.4) is 0 Å². The van der Waals surface area contributed by atoms with Crippen molar-refractivity contribution in [3.8, 4) is 0 Å². The molecule has 2 saturated heterocycles. The molecule has 0 saturated carbocycles. The van der Waals surface area contributed by atoms with E-state index in [0.29, 0.717) is 30.7 Å². The molecule has 3 N–H and O–H groups in total. The van der Waals surface area contributed by atoms with E-state index in [9.17, 15) is 8.42 Å². The van der Waals surface area contributed by atoms with Crippen LogP contribution in [0.25, 0.3) is 0 Å². The minimum Gasteiger partial charge on any atom is -0.339 e. The third-order valence-corrected chi connectivity index (χ3v) is 6.01. The van der Waals surface area contributed by atoms with Crippen LogP contribution in [0, 0.1) is 5.92 Å². The smallest absolute Gasteiger partial charge is 0.244 e. The Hall–Kier alpha value is -1.15. The molecule has 112 valence electrons. The Morgan fingerprint density at radius 3 is 2.95 bits per heavy atom. The highest BCUT2D eigenvalue weighted by molar-refractivity contribution is 7.91. The molecule has 0 aromatic carbocycles. The lowest BCUT2D eigenvalue weighted by molar-refractivity contribution is 0.419. The minimum atomic E-state index is -2.89. The van der Waals surface area contributed by atoms with Gasteiger partial charge in [0.1, 0.15) is 5.82 Å². The highest BCUT2D eigenvalue weighted by Gasteiger charge is 2.32. The molecule has 7 nitrogen and oxygen atoms in total. The molecule has 0 bridgehead atoms. The van der Waals surface area contributed by atoms with E-state index in [4.69, 9.17) is 5.73 Å². The summed E-state index contributed by atoms with van der Waals surface area (Å²) < 4.78 is 23.0. The molecular formula is C12H21N5O2S. The molecule has 8 heteroatoms. The van der Waals surface area contributed by atoms with E-state index in [1.54, 1.807) is 0 Å². The Labute approximate surface area is 118 Å². The zero-order chi connectivity index (χ0) is 14.2. The van der Waals surface area contributed by atoms with Gasteiger partial charge in [0.15, 0.2) is 9.84 Å². The molecular weight excluding hydrogens is 278 g/mol. The summed E-state index contributed by atoms with van der Waals surface area (Å²) >= 11 is 0. The average Bonchev–Trinajstić information content (AvgIpc) is 3.05. The lowest BCUT2D eigenvalue weighted by Crippen LogP contribution is -2.39. The van der Waals surface area contributed by atoms with Gasteiger partial charge in [-0.3, -0.25) is 5.10 Å². The maximum absolute atomic E-state index is 11.5. The fourth-order valence-corrected chi connectivity index (χ4v) is 4.79. The van der Waals surface area contributed by atoms with E-state index in [2.05, 4.69) is 20.1 Å². The Bertz CT molecular complexity index is 570. The SMILES string of the molecule is NCC1CCCN(c2n[nH]c(C3CCS(=O)(=O)C3)n2)C1. The Morgan fingerprint density at radius 2 is 2.25 bits per heavy atom. The summed E-state index contributed by atoms with van der Waals surface area (Å²) in [6, 6.07) is 0. The number of anilines is 1. The average molecular weight is 299 g/mol. The molecule has 20 heavy (non-hydrogen) atoms. The van der Waals surface area contributed by atoms with Crippen molar-refractivity contribution >= 4 is 15.8 Å². The molecule has 3 rings (SSSR count). The summed E-state index contributed by atoms with van der Waals surface area (Å²) in [7, 11) is -2.89. The van der Waals surface area contributed by atoms with Crippen molar-refractivity contribution in [1.29, 1.82) is 0 Å². The first-order valence-electron chi connectivity index (χ1n) is 7.15. The minimum absolute atomic E-state index is 0.0312. The zero-order valence-corrected chi connectivity index (χ0v) is 12.3. The summed E-state index contributed by atoms with van der Waals surface area (Å²) in [5.41, 5.74) is 5.74. The fourth-order valence-electron chi connectivity index (χ4n) is 3.04. The molecule has 2 unspecified atom stereocenters. The number of nitrogens with zero attached hydrogens (tertiary/aromatic N) is 3. The maximum atomic E-state index is 11.5. The second kappa shape index (κ2) is 5.33. The third kappa shape index (κ3) is 2.80. The van der Waals surface area contributed by atoms with Crippen molar-refractivity contribution in [2.75, 3.05) is 36.0 Å². The number of H-pyrrole nitrogens is 1. The third-order valence-electron chi connectivity index (χ3n) is 4.25. The van der Waals surface area contributed by atoms with E-state index in [1.165, 1.54) is 0 Å². The number of aromatic amines is 1. The van der Waals surface area contributed by atoms with Gasteiger partial charge in [-0.05, 0) is 31.7 Å². The molecule has 2 fully saturated rings. The van der Waals surface area contributed by atoms with Gasteiger partial charge in [-0.1, -0.05) is 0 Å². The van der Waals surface area contributed by atoms with Crippen LogP contribution in [0.15, 0.2) is 0 Å². The fraction of sp³-hybridized carbons (Fsp3) is 0.833. The van der Waals surface area contributed by atoms with Gasteiger partial charge in [-0.2, -0.15) is 4.98 Å². The molecule has 0 spiro atoms. The largest absolute Gasteiger partial charge is 0.339 e. The van der Waals surface area contributed by atoms with E-state index in [-0.39, 0.29) is 17.4 Å². The number of nitrogens with two attached hydrogens (primary N) is 1.